The van der Waals surface area contributed by atoms with Crippen molar-refractivity contribution < 1.29 is 29.4 Å². The van der Waals surface area contributed by atoms with E-state index in [0.29, 0.717) is 29.8 Å². The van der Waals surface area contributed by atoms with Crippen LogP contribution in [0.4, 0.5) is 0 Å². The fourth-order valence-electron chi connectivity index (χ4n) is 3.76. The number of carboxylic acids is 1. The van der Waals surface area contributed by atoms with E-state index in [1.807, 2.05) is 13.8 Å². The average molecular weight is 449 g/mol. The van der Waals surface area contributed by atoms with Gasteiger partial charge in [0.25, 0.3) is 0 Å². The number of benzene rings is 1. The first-order chi connectivity index (χ1) is 15.0. The van der Waals surface area contributed by atoms with Crippen LogP contribution in [0.25, 0.3) is 0 Å². The number of phenols is 1. The number of Topliss-reactive ketones (excluding diaryl/α,β-unsaturated/α-hetero) is 1. The minimum atomic E-state index is -2.08. The van der Waals surface area contributed by atoms with Gasteiger partial charge in [0.1, 0.15) is 5.75 Å². The largest absolute Gasteiger partial charge is 0.508 e. The molecule has 32 heavy (non-hydrogen) atoms. The Hall–Kier alpha value is -2.82. The summed E-state index contributed by atoms with van der Waals surface area (Å²) in [6, 6.07) is 0.649. The van der Waals surface area contributed by atoms with Crippen molar-refractivity contribution in [3.8, 4) is 5.75 Å². The van der Waals surface area contributed by atoms with Crippen molar-refractivity contribution in [1.82, 2.24) is 10.2 Å². The predicted molar refractivity (Wildman–Crippen MR) is 117 cm³/mol. The van der Waals surface area contributed by atoms with Crippen LogP contribution in [0.3, 0.4) is 0 Å². The normalized spacial score (nSPS) is 18.7. The van der Waals surface area contributed by atoms with Gasteiger partial charge in [-0.3, -0.25) is 19.3 Å². The highest BCUT2D eigenvalue weighted by molar-refractivity contribution is 6.13. The Morgan fingerprint density at radius 2 is 1.75 bits per heavy atom. The maximum absolute atomic E-state index is 13.1. The Labute approximate surface area is 186 Å². The second-order valence-corrected chi connectivity index (χ2v) is 8.55. The molecule has 1 aromatic carbocycles. The monoisotopic (exact) mass is 448 g/mol. The highest BCUT2D eigenvalue weighted by Crippen LogP contribution is 2.18. The Morgan fingerprint density at radius 1 is 1.12 bits per heavy atom. The topological polar surface area (TPSA) is 176 Å². The van der Waals surface area contributed by atoms with E-state index in [4.69, 9.17) is 11.5 Å². The zero-order valence-corrected chi connectivity index (χ0v) is 18.4. The molecule has 1 fully saturated rings. The number of nitrogens with one attached hydrogen (secondary N) is 1. The van der Waals surface area contributed by atoms with E-state index >= 15 is 0 Å². The molecule has 4 unspecified atom stereocenters. The van der Waals surface area contributed by atoms with Gasteiger partial charge in [-0.2, -0.15) is 0 Å². The first-order valence-electron chi connectivity index (χ1n) is 10.7. The van der Waals surface area contributed by atoms with Gasteiger partial charge < -0.3 is 27.0 Å². The van der Waals surface area contributed by atoms with Crippen molar-refractivity contribution in [2.45, 2.75) is 63.7 Å². The maximum Gasteiger partial charge on any atom is 0.334 e. The van der Waals surface area contributed by atoms with Crippen LogP contribution in [0, 0.1) is 5.92 Å². The summed E-state index contributed by atoms with van der Waals surface area (Å²) in [6.45, 7) is 4.22. The van der Waals surface area contributed by atoms with Crippen LogP contribution >= 0.6 is 0 Å². The number of carbonyl (C=O) groups is 4. The predicted octanol–water partition coefficient (Wildman–Crippen LogP) is -0.235. The second kappa shape index (κ2) is 11.2. The van der Waals surface area contributed by atoms with Gasteiger partial charge in [-0.15, -0.1) is 0 Å². The molecule has 176 valence electrons. The summed E-state index contributed by atoms with van der Waals surface area (Å²) in [4.78, 5) is 52.0. The molecular weight excluding hydrogens is 416 g/mol. The first kappa shape index (κ1) is 25.4. The Bertz CT molecular complexity index is 835. The van der Waals surface area contributed by atoms with Gasteiger partial charge in [-0.25, -0.2) is 4.79 Å². The fourth-order valence-corrected chi connectivity index (χ4v) is 3.76. The molecule has 0 radical (unpaired) electrons. The molecule has 1 aliphatic heterocycles. The lowest BCUT2D eigenvalue weighted by Crippen LogP contribution is -2.62. The number of nitrogens with two attached hydrogens (primary N) is 2. The molecule has 1 aromatic rings. The summed E-state index contributed by atoms with van der Waals surface area (Å²) in [5, 5.41) is 22.2. The van der Waals surface area contributed by atoms with E-state index in [0.717, 1.165) is 0 Å². The number of phenolic OH excluding ortho intramolecular Hbond substituents is 1. The number of carbonyl (C=O) groups excluding carboxylic acids is 3. The van der Waals surface area contributed by atoms with Crippen LogP contribution in [0.1, 0.15) is 38.7 Å². The van der Waals surface area contributed by atoms with Crippen LogP contribution < -0.4 is 16.8 Å². The lowest BCUT2D eigenvalue weighted by molar-refractivity contribution is -0.163. The standard InChI is InChI=1S/C22H32N4O6/c1-12(2)10-16(24)20(29)26(21(30)17-4-3-9-25-17)18(22(31)32)19(28)15(23)11-13-5-7-14(27)8-6-13/h5-8,12,15-18,25,27H,3-4,9-11,23-24H2,1-2H3,(H,31,32). The van der Waals surface area contributed by atoms with Gasteiger partial charge in [0.05, 0.1) is 18.1 Å². The molecule has 7 N–H and O–H groups in total. The number of amides is 2. The molecule has 1 aliphatic rings. The van der Waals surface area contributed by atoms with Crippen LogP contribution in [-0.2, 0) is 25.6 Å². The van der Waals surface area contributed by atoms with E-state index in [1.165, 1.54) is 12.1 Å². The van der Waals surface area contributed by atoms with Crippen molar-refractivity contribution in [2.24, 2.45) is 17.4 Å². The lowest BCUT2D eigenvalue weighted by atomic mass is 9.95. The van der Waals surface area contributed by atoms with Crippen LogP contribution in [0.2, 0.25) is 0 Å². The van der Waals surface area contributed by atoms with E-state index in [2.05, 4.69) is 5.32 Å². The second-order valence-electron chi connectivity index (χ2n) is 8.55. The molecular formula is C22H32N4O6. The van der Waals surface area contributed by atoms with Crippen molar-refractivity contribution in [3.05, 3.63) is 29.8 Å². The number of imide groups is 1. The third-order valence-corrected chi connectivity index (χ3v) is 5.39. The zero-order chi connectivity index (χ0) is 24.0. The molecule has 0 aliphatic carbocycles. The summed E-state index contributed by atoms with van der Waals surface area (Å²) in [5.41, 5.74) is 12.6. The van der Waals surface area contributed by atoms with E-state index in [1.54, 1.807) is 12.1 Å². The van der Waals surface area contributed by atoms with Crippen LogP contribution in [-0.4, -0.2) is 69.4 Å². The maximum atomic E-state index is 13.1. The highest BCUT2D eigenvalue weighted by atomic mass is 16.4. The molecule has 10 nitrogen and oxygen atoms in total. The van der Waals surface area contributed by atoms with Crippen molar-refractivity contribution in [3.63, 3.8) is 0 Å². The summed E-state index contributed by atoms with van der Waals surface area (Å²) < 4.78 is 0. The molecule has 0 spiro atoms. The number of rotatable bonds is 10. The number of hydrogen-bond acceptors (Lipinski definition) is 8. The molecule has 10 heteroatoms. The first-order valence-corrected chi connectivity index (χ1v) is 10.7. The molecule has 2 rings (SSSR count). The summed E-state index contributed by atoms with van der Waals surface area (Å²) in [7, 11) is 0. The molecule has 4 atom stereocenters. The van der Waals surface area contributed by atoms with E-state index < -0.39 is 47.7 Å². The van der Waals surface area contributed by atoms with E-state index in [-0.39, 0.29) is 24.5 Å². The minimum absolute atomic E-state index is 0.0197. The van der Waals surface area contributed by atoms with Gasteiger partial charge in [-0.05, 0) is 55.8 Å². The van der Waals surface area contributed by atoms with Crippen molar-refractivity contribution >= 4 is 23.6 Å². The molecule has 0 bridgehead atoms. The van der Waals surface area contributed by atoms with E-state index in [9.17, 15) is 29.4 Å². The number of aliphatic carboxylic acids is 1. The van der Waals surface area contributed by atoms with Crippen molar-refractivity contribution in [1.29, 1.82) is 0 Å². The average Bonchev–Trinajstić information content (AvgIpc) is 3.26. The number of aromatic hydroxyl groups is 1. The molecule has 1 saturated heterocycles. The highest BCUT2D eigenvalue weighted by Gasteiger charge is 2.45. The SMILES string of the molecule is CC(C)CC(N)C(=O)N(C(=O)C1CCCN1)C(C(=O)O)C(=O)C(N)Cc1ccc(O)cc1. The number of hydrogen-bond donors (Lipinski definition) is 5. The van der Waals surface area contributed by atoms with Gasteiger partial charge in [0.15, 0.2) is 11.8 Å². The Morgan fingerprint density at radius 3 is 2.25 bits per heavy atom. The minimum Gasteiger partial charge on any atom is -0.508 e. The molecule has 1 heterocycles. The smallest absolute Gasteiger partial charge is 0.334 e. The Kier molecular flexibility index (Phi) is 8.88. The summed E-state index contributed by atoms with van der Waals surface area (Å²) in [5.74, 6) is -4.26. The molecule has 2 amide bonds. The third-order valence-electron chi connectivity index (χ3n) is 5.39. The van der Waals surface area contributed by atoms with Gasteiger partial charge in [0, 0.05) is 0 Å². The Balaban J connectivity index is 2.34. The number of nitrogens with zero attached hydrogens (tertiary/aromatic N) is 1. The third kappa shape index (κ3) is 6.35. The van der Waals surface area contributed by atoms with Gasteiger partial charge in [-0.1, -0.05) is 26.0 Å². The van der Waals surface area contributed by atoms with Crippen LogP contribution in [0.5, 0.6) is 5.75 Å². The van der Waals surface area contributed by atoms with Gasteiger partial charge in [0.2, 0.25) is 11.8 Å². The summed E-state index contributed by atoms with van der Waals surface area (Å²) >= 11 is 0. The molecule has 0 saturated carbocycles. The quantitative estimate of drug-likeness (QED) is 0.302. The van der Waals surface area contributed by atoms with Crippen molar-refractivity contribution in [2.75, 3.05) is 6.54 Å². The lowest BCUT2D eigenvalue weighted by Gasteiger charge is -2.32. The number of ketones is 1. The summed E-state index contributed by atoms with van der Waals surface area (Å²) in [6.07, 6.45) is 1.30. The fraction of sp³-hybridized carbons (Fsp3) is 0.545. The van der Waals surface area contributed by atoms with Gasteiger partial charge >= 0.3 is 5.97 Å². The van der Waals surface area contributed by atoms with Crippen LogP contribution in [0.15, 0.2) is 24.3 Å². The zero-order valence-electron chi connectivity index (χ0n) is 18.4. The number of carboxylic acid groups (broad SMARTS) is 1. The molecule has 0 aromatic heterocycles.